The smallest absolute Gasteiger partial charge is 0.255 e. The molecule has 1 amide bonds. The van der Waals surface area contributed by atoms with Crippen LogP contribution in [0.2, 0.25) is 0 Å². The van der Waals surface area contributed by atoms with Crippen LogP contribution in [0.25, 0.3) is 11.1 Å². The molecule has 5 heteroatoms. The Balaban J connectivity index is 1.38. The Kier molecular flexibility index (Phi) is 6.38. The third-order valence-corrected chi connectivity index (χ3v) is 5.69. The minimum absolute atomic E-state index is 0.117. The van der Waals surface area contributed by atoms with Gasteiger partial charge in [0.15, 0.2) is 0 Å². The largest absolute Gasteiger partial charge is 0.351 e. The summed E-state index contributed by atoms with van der Waals surface area (Å²) in [4.78, 5) is 21.5. The summed E-state index contributed by atoms with van der Waals surface area (Å²) in [5.41, 5.74) is 4.60. The molecule has 0 saturated heterocycles. The summed E-state index contributed by atoms with van der Waals surface area (Å²) in [5, 5.41) is 6.38. The first-order valence-corrected chi connectivity index (χ1v) is 10.8. The van der Waals surface area contributed by atoms with Crippen molar-refractivity contribution in [3.8, 4) is 11.1 Å². The van der Waals surface area contributed by atoms with Crippen LogP contribution in [0.15, 0.2) is 60.9 Å². The van der Waals surface area contributed by atoms with Crippen LogP contribution in [0, 0.1) is 0 Å². The summed E-state index contributed by atoms with van der Waals surface area (Å²) in [6.07, 6.45) is 10.9. The van der Waals surface area contributed by atoms with E-state index in [1.165, 1.54) is 37.7 Å². The van der Waals surface area contributed by atoms with Crippen molar-refractivity contribution in [3.63, 3.8) is 0 Å². The molecule has 154 valence electrons. The summed E-state index contributed by atoms with van der Waals surface area (Å²) in [7, 11) is 0. The maximum absolute atomic E-state index is 12.5. The highest BCUT2D eigenvalue weighted by Crippen LogP contribution is 2.22. The molecular formula is C25H28N4O. The third kappa shape index (κ3) is 5.03. The molecule has 5 nitrogen and oxygen atoms in total. The number of amides is 1. The zero-order valence-electron chi connectivity index (χ0n) is 17.4. The molecule has 0 radical (unpaired) electrons. The quantitative estimate of drug-likeness (QED) is 0.557. The van der Waals surface area contributed by atoms with Crippen molar-refractivity contribution < 1.29 is 4.79 Å². The first-order valence-electron chi connectivity index (χ1n) is 10.8. The lowest BCUT2D eigenvalue weighted by molar-refractivity contribution is 0.102. The van der Waals surface area contributed by atoms with Crippen molar-refractivity contribution in [2.45, 2.75) is 51.5 Å². The summed E-state index contributed by atoms with van der Waals surface area (Å²) < 4.78 is 0. The molecule has 1 aromatic heterocycles. The van der Waals surface area contributed by atoms with Crippen molar-refractivity contribution in [2.24, 2.45) is 0 Å². The molecule has 1 fully saturated rings. The van der Waals surface area contributed by atoms with Crippen LogP contribution in [-0.4, -0.2) is 21.9 Å². The second-order valence-corrected chi connectivity index (χ2v) is 7.86. The van der Waals surface area contributed by atoms with Crippen LogP contribution in [0.5, 0.6) is 0 Å². The Morgan fingerprint density at radius 1 is 0.900 bits per heavy atom. The molecule has 1 aliphatic rings. The van der Waals surface area contributed by atoms with Gasteiger partial charge in [-0.15, -0.1) is 0 Å². The summed E-state index contributed by atoms with van der Waals surface area (Å²) >= 11 is 0. The number of carbonyl (C=O) groups is 1. The van der Waals surface area contributed by atoms with E-state index in [4.69, 9.17) is 0 Å². The molecule has 30 heavy (non-hydrogen) atoms. The van der Waals surface area contributed by atoms with Gasteiger partial charge in [0.05, 0.1) is 0 Å². The lowest BCUT2D eigenvalue weighted by atomic mass is 9.96. The number of rotatable bonds is 6. The minimum Gasteiger partial charge on any atom is -0.351 e. The zero-order valence-corrected chi connectivity index (χ0v) is 17.4. The summed E-state index contributed by atoms with van der Waals surface area (Å²) in [5.74, 6) is 0.574. The number of hydrogen-bond donors (Lipinski definition) is 2. The van der Waals surface area contributed by atoms with Gasteiger partial charge < -0.3 is 10.6 Å². The third-order valence-electron chi connectivity index (χ3n) is 5.69. The van der Waals surface area contributed by atoms with Crippen LogP contribution < -0.4 is 10.6 Å². The van der Waals surface area contributed by atoms with E-state index in [1.54, 1.807) is 0 Å². The van der Waals surface area contributed by atoms with Gasteiger partial charge in [-0.2, -0.15) is 0 Å². The number of hydrogen-bond acceptors (Lipinski definition) is 4. The zero-order chi connectivity index (χ0) is 20.8. The van der Waals surface area contributed by atoms with Crippen LogP contribution in [0.4, 0.5) is 11.6 Å². The Morgan fingerprint density at radius 2 is 1.57 bits per heavy atom. The fraction of sp³-hybridized carbons (Fsp3) is 0.320. The van der Waals surface area contributed by atoms with Crippen molar-refractivity contribution in [1.82, 2.24) is 9.97 Å². The predicted molar refractivity (Wildman–Crippen MR) is 122 cm³/mol. The number of nitrogens with one attached hydrogen (secondary N) is 2. The highest BCUT2D eigenvalue weighted by Gasteiger charge is 2.14. The van der Waals surface area contributed by atoms with E-state index >= 15 is 0 Å². The first kappa shape index (κ1) is 20.1. The highest BCUT2D eigenvalue weighted by atomic mass is 16.1. The molecule has 0 bridgehead atoms. The van der Waals surface area contributed by atoms with Gasteiger partial charge in [-0.25, -0.2) is 9.97 Å². The topological polar surface area (TPSA) is 66.9 Å². The van der Waals surface area contributed by atoms with Crippen LogP contribution in [0.3, 0.4) is 0 Å². The number of nitrogens with zero attached hydrogens (tertiary/aromatic N) is 2. The SMILES string of the molecule is CCc1ccc(NC(=O)c2ccc(-c3cnc(NC4CCCCC4)nc3)cc2)cc1. The number of benzene rings is 2. The molecule has 0 unspecified atom stereocenters. The van der Waals surface area contributed by atoms with Gasteiger partial charge in [0, 0.05) is 35.2 Å². The molecule has 4 rings (SSSR count). The van der Waals surface area contributed by atoms with E-state index in [0.717, 1.165) is 23.2 Å². The monoisotopic (exact) mass is 400 g/mol. The molecule has 2 aromatic carbocycles. The van der Waals surface area contributed by atoms with E-state index < -0.39 is 0 Å². The highest BCUT2D eigenvalue weighted by molar-refractivity contribution is 6.04. The van der Waals surface area contributed by atoms with Gasteiger partial charge >= 0.3 is 0 Å². The van der Waals surface area contributed by atoms with Crippen LogP contribution >= 0.6 is 0 Å². The summed E-state index contributed by atoms with van der Waals surface area (Å²) in [6.45, 7) is 2.11. The minimum atomic E-state index is -0.117. The maximum Gasteiger partial charge on any atom is 0.255 e. The first-order chi connectivity index (χ1) is 14.7. The normalized spacial score (nSPS) is 14.3. The van der Waals surface area contributed by atoms with Gasteiger partial charge in [0.1, 0.15) is 0 Å². The van der Waals surface area contributed by atoms with Gasteiger partial charge in [0.2, 0.25) is 5.95 Å². The fourth-order valence-electron chi connectivity index (χ4n) is 3.82. The molecule has 3 aromatic rings. The number of aromatic nitrogens is 2. The number of aryl methyl sites for hydroxylation is 1. The Labute approximate surface area is 178 Å². The van der Waals surface area contributed by atoms with Gasteiger partial charge in [-0.3, -0.25) is 4.79 Å². The second-order valence-electron chi connectivity index (χ2n) is 7.86. The lowest BCUT2D eigenvalue weighted by Crippen LogP contribution is -2.23. The molecule has 1 aliphatic carbocycles. The molecular weight excluding hydrogens is 372 g/mol. The number of anilines is 2. The lowest BCUT2D eigenvalue weighted by Gasteiger charge is -2.22. The Hall–Kier alpha value is -3.21. The predicted octanol–water partition coefficient (Wildman–Crippen LogP) is 5.70. The average Bonchev–Trinajstić information content (AvgIpc) is 2.81. The average molecular weight is 401 g/mol. The van der Waals surface area contributed by atoms with Crippen molar-refractivity contribution in [3.05, 3.63) is 72.1 Å². The molecule has 2 N–H and O–H groups in total. The Bertz CT molecular complexity index is 960. The summed E-state index contributed by atoms with van der Waals surface area (Å²) in [6, 6.07) is 16.0. The Morgan fingerprint density at radius 3 is 2.20 bits per heavy atom. The molecule has 1 heterocycles. The van der Waals surface area contributed by atoms with Crippen molar-refractivity contribution in [1.29, 1.82) is 0 Å². The van der Waals surface area contributed by atoms with E-state index in [2.05, 4.69) is 27.5 Å². The van der Waals surface area contributed by atoms with Crippen LogP contribution in [0.1, 0.15) is 54.9 Å². The second kappa shape index (κ2) is 9.53. The van der Waals surface area contributed by atoms with E-state index in [0.29, 0.717) is 17.6 Å². The van der Waals surface area contributed by atoms with Gasteiger partial charge in [0.25, 0.3) is 5.91 Å². The maximum atomic E-state index is 12.5. The van der Waals surface area contributed by atoms with E-state index in [9.17, 15) is 4.79 Å². The van der Waals surface area contributed by atoms with Gasteiger partial charge in [-0.05, 0) is 54.7 Å². The van der Waals surface area contributed by atoms with Crippen molar-refractivity contribution in [2.75, 3.05) is 10.6 Å². The van der Waals surface area contributed by atoms with E-state index in [1.807, 2.05) is 60.9 Å². The molecule has 0 atom stereocenters. The van der Waals surface area contributed by atoms with Crippen LogP contribution in [-0.2, 0) is 6.42 Å². The van der Waals surface area contributed by atoms with E-state index in [-0.39, 0.29) is 5.91 Å². The fourth-order valence-corrected chi connectivity index (χ4v) is 3.82. The molecule has 0 aliphatic heterocycles. The molecule has 1 saturated carbocycles. The van der Waals surface area contributed by atoms with Gasteiger partial charge in [-0.1, -0.05) is 50.5 Å². The molecule has 0 spiro atoms. The number of carbonyl (C=O) groups excluding carboxylic acids is 1. The standard InChI is InChI=1S/C25H28N4O/c1-2-18-8-14-23(15-9-18)28-24(30)20-12-10-19(11-13-20)21-16-26-25(27-17-21)29-22-6-4-3-5-7-22/h8-17,22H,2-7H2,1H3,(H,28,30)(H,26,27,29). The van der Waals surface area contributed by atoms with Crippen molar-refractivity contribution >= 4 is 17.5 Å².